The van der Waals surface area contributed by atoms with Crippen LogP contribution in [0.15, 0.2) is 66.7 Å². The first-order valence-corrected chi connectivity index (χ1v) is 10.9. The first-order chi connectivity index (χ1) is 16.0. The van der Waals surface area contributed by atoms with E-state index in [1.165, 1.54) is 0 Å². The molecule has 0 spiro atoms. The summed E-state index contributed by atoms with van der Waals surface area (Å²) < 4.78 is 16.3. The number of amides is 1. The van der Waals surface area contributed by atoms with E-state index in [-0.39, 0.29) is 18.0 Å². The molecule has 0 unspecified atom stereocenters. The van der Waals surface area contributed by atoms with Gasteiger partial charge < -0.3 is 19.1 Å². The molecule has 1 amide bonds. The summed E-state index contributed by atoms with van der Waals surface area (Å²) in [4.78, 5) is 27.3. The third kappa shape index (κ3) is 4.85. The highest BCUT2D eigenvalue weighted by molar-refractivity contribution is 5.97. The zero-order valence-electron chi connectivity index (χ0n) is 19.0. The fraction of sp³-hybridized carbons (Fsp3) is 0.259. The van der Waals surface area contributed by atoms with Gasteiger partial charge in [-0.1, -0.05) is 36.4 Å². The van der Waals surface area contributed by atoms with Crippen LogP contribution in [0.25, 0.3) is 0 Å². The van der Waals surface area contributed by atoms with Crippen LogP contribution >= 0.6 is 0 Å². The molecule has 6 nitrogen and oxygen atoms in total. The molecular formula is C27H27NO5. The van der Waals surface area contributed by atoms with Crippen LogP contribution in [0, 0.1) is 0 Å². The molecule has 0 saturated carbocycles. The minimum Gasteiger partial charge on any atom is -0.493 e. The maximum atomic E-state index is 13.1. The number of hydrogen-bond acceptors (Lipinski definition) is 5. The standard InChI is InChI=1S/C27H27NO5/c1-28(14-13-18-9-12-23(31-2)25(15-18)32-3)26(29)20-10-11-22-21(16-20)17-24(33-27(22)30)19-7-5-4-6-8-19/h4-12,15-16,24H,13-14,17H2,1-3H3/t24-/m1/s1. The van der Waals surface area contributed by atoms with Gasteiger partial charge in [-0.25, -0.2) is 4.79 Å². The lowest BCUT2D eigenvalue weighted by Crippen LogP contribution is -2.29. The van der Waals surface area contributed by atoms with E-state index >= 15 is 0 Å². The van der Waals surface area contributed by atoms with Gasteiger partial charge >= 0.3 is 5.97 Å². The van der Waals surface area contributed by atoms with Crippen LogP contribution in [-0.2, 0) is 17.6 Å². The maximum Gasteiger partial charge on any atom is 0.339 e. The van der Waals surface area contributed by atoms with Gasteiger partial charge in [-0.05, 0) is 53.4 Å². The van der Waals surface area contributed by atoms with Gasteiger partial charge in [0.1, 0.15) is 6.10 Å². The summed E-state index contributed by atoms with van der Waals surface area (Å²) in [5.74, 6) is 0.894. The minimum absolute atomic E-state index is 0.0894. The molecule has 1 heterocycles. The molecule has 0 bridgehead atoms. The first-order valence-electron chi connectivity index (χ1n) is 10.9. The average Bonchev–Trinajstić information content (AvgIpc) is 2.86. The molecule has 0 aliphatic carbocycles. The molecule has 33 heavy (non-hydrogen) atoms. The third-order valence-corrected chi connectivity index (χ3v) is 5.93. The molecule has 1 aliphatic heterocycles. The van der Waals surface area contributed by atoms with Gasteiger partial charge in [0.2, 0.25) is 0 Å². The minimum atomic E-state index is -0.356. The van der Waals surface area contributed by atoms with Gasteiger partial charge in [-0.15, -0.1) is 0 Å². The zero-order valence-corrected chi connectivity index (χ0v) is 19.0. The molecule has 0 N–H and O–H groups in total. The Labute approximate surface area is 193 Å². The van der Waals surface area contributed by atoms with Crippen LogP contribution in [0.3, 0.4) is 0 Å². The molecule has 3 aromatic rings. The highest BCUT2D eigenvalue weighted by Gasteiger charge is 2.28. The zero-order chi connectivity index (χ0) is 23.4. The summed E-state index contributed by atoms with van der Waals surface area (Å²) in [6, 6.07) is 20.6. The Morgan fingerprint density at radius 3 is 2.48 bits per heavy atom. The van der Waals surface area contributed by atoms with Crippen LogP contribution < -0.4 is 9.47 Å². The van der Waals surface area contributed by atoms with E-state index in [1.54, 1.807) is 38.3 Å². The Kier molecular flexibility index (Phi) is 6.63. The summed E-state index contributed by atoms with van der Waals surface area (Å²) in [5.41, 5.74) is 3.91. The van der Waals surface area contributed by atoms with Crippen molar-refractivity contribution in [1.82, 2.24) is 4.90 Å². The second kappa shape index (κ2) is 9.77. The van der Waals surface area contributed by atoms with E-state index in [2.05, 4.69) is 0 Å². The molecule has 1 aliphatic rings. The van der Waals surface area contributed by atoms with Gasteiger partial charge in [-0.3, -0.25) is 4.79 Å². The van der Waals surface area contributed by atoms with Gasteiger partial charge in [0.05, 0.1) is 19.8 Å². The number of benzene rings is 3. The Morgan fingerprint density at radius 1 is 1.00 bits per heavy atom. The number of hydrogen-bond donors (Lipinski definition) is 0. The van der Waals surface area contributed by atoms with Gasteiger partial charge in [0.25, 0.3) is 5.91 Å². The fourth-order valence-corrected chi connectivity index (χ4v) is 4.04. The lowest BCUT2D eigenvalue weighted by Gasteiger charge is -2.26. The fourth-order valence-electron chi connectivity index (χ4n) is 4.04. The number of fused-ring (bicyclic) bond motifs is 1. The quantitative estimate of drug-likeness (QED) is 0.502. The van der Waals surface area contributed by atoms with E-state index in [1.807, 2.05) is 54.6 Å². The molecule has 0 fully saturated rings. The summed E-state index contributed by atoms with van der Waals surface area (Å²) in [5, 5.41) is 0. The van der Waals surface area contributed by atoms with Crippen molar-refractivity contribution < 1.29 is 23.8 Å². The molecule has 4 rings (SSSR count). The molecule has 1 atom stereocenters. The van der Waals surface area contributed by atoms with Crippen molar-refractivity contribution >= 4 is 11.9 Å². The van der Waals surface area contributed by atoms with Crippen molar-refractivity contribution in [3.05, 3.63) is 94.5 Å². The smallest absolute Gasteiger partial charge is 0.339 e. The predicted octanol–water partition coefficient (Wildman–Crippen LogP) is 4.47. The van der Waals surface area contributed by atoms with Crippen LogP contribution in [0.5, 0.6) is 11.5 Å². The molecule has 0 aromatic heterocycles. The van der Waals surface area contributed by atoms with Crippen molar-refractivity contribution in [2.45, 2.75) is 18.9 Å². The van der Waals surface area contributed by atoms with E-state index in [4.69, 9.17) is 14.2 Å². The van der Waals surface area contributed by atoms with Crippen molar-refractivity contribution in [2.24, 2.45) is 0 Å². The predicted molar refractivity (Wildman–Crippen MR) is 125 cm³/mol. The van der Waals surface area contributed by atoms with Crippen LogP contribution in [0.1, 0.15) is 43.5 Å². The molecule has 0 radical (unpaired) electrons. The largest absolute Gasteiger partial charge is 0.493 e. The number of cyclic esters (lactones) is 1. The number of rotatable bonds is 7. The maximum absolute atomic E-state index is 13.1. The van der Waals surface area contributed by atoms with E-state index in [0.29, 0.717) is 42.0 Å². The van der Waals surface area contributed by atoms with E-state index in [0.717, 1.165) is 16.7 Å². The molecule has 6 heteroatoms. The van der Waals surface area contributed by atoms with Gasteiger partial charge in [0.15, 0.2) is 11.5 Å². The van der Waals surface area contributed by atoms with Crippen LogP contribution in [0.2, 0.25) is 0 Å². The Balaban J connectivity index is 1.46. The molecule has 170 valence electrons. The summed E-state index contributed by atoms with van der Waals surface area (Å²) in [6.07, 6.45) is 0.872. The first kappa shape index (κ1) is 22.4. The van der Waals surface area contributed by atoms with Crippen molar-refractivity contribution in [2.75, 3.05) is 27.8 Å². The third-order valence-electron chi connectivity index (χ3n) is 5.93. The van der Waals surface area contributed by atoms with E-state index in [9.17, 15) is 9.59 Å². The normalized spacial score (nSPS) is 14.8. The summed E-state index contributed by atoms with van der Waals surface area (Å²) >= 11 is 0. The second-order valence-corrected chi connectivity index (χ2v) is 8.05. The highest BCUT2D eigenvalue weighted by Crippen LogP contribution is 2.31. The number of carbonyl (C=O) groups excluding carboxylic acids is 2. The number of methoxy groups -OCH3 is 2. The van der Waals surface area contributed by atoms with Gasteiger partial charge in [-0.2, -0.15) is 0 Å². The van der Waals surface area contributed by atoms with Crippen molar-refractivity contribution in [1.29, 1.82) is 0 Å². The Morgan fingerprint density at radius 2 is 1.76 bits per heavy atom. The Hall–Kier alpha value is -3.80. The van der Waals surface area contributed by atoms with Crippen molar-refractivity contribution in [3.8, 4) is 11.5 Å². The summed E-state index contributed by atoms with van der Waals surface area (Å²) in [7, 11) is 4.99. The van der Waals surface area contributed by atoms with Crippen LogP contribution in [0.4, 0.5) is 0 Å². The lowest BCUT2D eigenvalue weighted by molar-refractivity contribution is 0.0252. The molecular weight excluding hydrogens is 418 g/mol. The van der Waals surface area contributed by atoms with E-state index < -0.39 is 0 Å². The highest BCUT2D eigenvalue weighted by atomic mass is 16.5. The van der Waals surface area contributed by atoms with Crippen molar-refractivity contribution in [3.63, 3.8) is 0 Å². The Bertz CT molecular complexity index is 1160. The number of carbonyl (C=O) groups is 2. The lowest BCUT2D eigenvalue weighted by atomic mass is 9.93. The molecule has 3 aromatic carbocycles. The average molecular weight is 446 g/mol. The second-order valence-electron chi connectivity index (χ2n) is 8.05. The van der Waals surface area contributed by atoms with Crippen LogP contribution in [-0.4, -0.2) is 44.6 Å². The topological polar surface area (TPSA) is 65.1 Å². The number of likely N-dealkylation sites (N-methyl/N-ethyl adjacent to an activating group) is 1. The SMILES string of the molecule is COc1ccc(CCN(C)C(=O)c2ccc3c(c2)C[C@H](c2ccccc2)OC3=O)cc1OC. The number of ether oxygens (including phenoxy) is 3. The molecule has 0 saturated heterocycles. The summed E-state index contributed by atoms with van der Waals surface area (Å²) in [6.45, 7) is 0.542. The monoisotopic (exact) mass is 445 g/mol. The number of esters is 1. The number of nitrogens with zero attached hydrogens (tertiary/aromatic N) is 1. The van der Waals surface area contributed by atoms with Gasteiger partial charge in [0, 0.05) is 25.6 Å².